The lowest BCUT2D eigenvalue weighted by Crippen LogP contribution is -2.18. The highest BCUT2D eigenvalue weighted by molar-refractivity contribution is 6.22. The minimum absolute atomic E-state index is 0.0886. The van der Waals surface area contributed by atoms with E-state index in [0.717, 1.165) is 5.69 Å². The molecule has 4 nitrogen and oxygen atoms in total. The first-order valence-corrected chi connectivity index (χ1v) is 6.07. The summed E-state index contributed by atoms with van der Waals surface area (Å²) in [4.78, 5) is 12.6. The normalized spacial score (nSPS) is 10.8. The van der Waals surface area contributed by atoms with E-state index >= 15 is 0 Å². The molecule has 1 rings (SSSR count). The van der Waals surface area contributed by atoms with Crippen molar-refractivity contribution in [1.82, 2.24) is 0 Å². The zero-order valence-electron chi connectivity index (χ0n) is 9.44. The average Bonchev–Trinajstić information content (AvgIpc) is 2.38. The zero-order chi connectivity index (χ0) is 13.5. The molecular formula is C12H11Cl2N3O. The van der Waals surface area contributed by atoms with E-state index in [-0.39, 0.29) is 17.6 Å². The van der Waals surface area contributed by atoms with E-state index in [0.29, 0.717) is 5.56 Å². The largest absolute Gasteiger partial charge is 0.365 e. The van der Waals surface area contributed by atoms with Crippen molar-refractivity contribution in [3.8, 4) is 6.07 Å². The number of carbonyl (C=O) groups is 1. The van der Waals surface area contributed by atoms with Crippen LogP contribution in [0.15, 0.2) is 29.8 Å². The number of amides is 1. The van der Waals surface area contributed by atoms with Crippen molar-refractivity contribution < 1.29 is 4.79 Å². The number of anilines is 1. The van der Waals surface area contributed by atoms with E-state index in [2.05, 4.69) is 0 Å². The lowest BCUT2D eigenvalue weighted by Gasteiger charge is -2.18. The first-order valence-electron chi connectivity index (χ1n) is 5.01. The molecule has 0 spiro atoms. The monoisotopic (exact) mass is 283 g/mol. The van der Waals surface area contributed by atoms with E-state index in [1.807, 2.05) is 0 Å². The molecule has 0 aromatic heterocycles. The van der Waals surface area contributed by atoms with Crippen LogP contribution in [0.5, 0.6) is 0 Å². The Hall–Kier alpha value is -1.70. The molecule has 0 saturated carbocycles. The number of rotatable bonds is 5. The summed E-state index contributed by atoms with van der Waals surface area (Å²) in [5, 5.41) is 8.71. The summed E-state index contributed by atoms with van der Waals surface area (Å²) in [5.74, 6) is -0.746. The van der Waals surface area contributed by atoms with Gasteiger partial charge < -0.3 is 10.6 Å². The Kier molecular flexibility index (Phi) is 5.50. The van der Waals surface area contributed by atoms with Gasteiger partial charge in [-0.1, -0.05) is 12.1 Å². The quantitative estimate of drug-likeness (QED) is 0.390. The Bertz CT molecular complexity index is 487. The van der Waals surface area contributed by atoms with Crippen molar-refractivity contribution in [2.45, 2.75) is 0 Å². The average molecular weight is 284 g/mol. The third kappa shape index (κ3) is 3.66. The number of carbonyl (C=O) groups excluding carboxylic acids is 1. The molecule has 0 aliphatic carbocycles. The van der Waals surface area contributed by atoms with Crippen molar-refractivity contribution >= 4 is 40.9 Å². The second-order valence-corrected chi connectivity index (χ2v) is 3.88. The van der Waals surface area contributed by atoms with Crippen molar-refractivity contribution in [3.63, 3.8) is 0 Å². The Morgan fingerprint density at radius 1 is 1.33 bits per heavy atom. The van der Waals surface area contributed by atoms with E-state index in [1.54, 1.807) is 35.2 Å². The van der Waals surface area contributed by atoms with Gasteiger partial charge in [-0.05, 0) is 23.8 Å². The maximum Gasteiger partial charge on any atom is 0.259 e. The molecule has 0 fully saturated rings. The van der Waals surface area contributed by atoms with E-state index in [4.69, 9.17) is 34.2 Å². The van der Waals surface area contributed by atoms with Crippen LogP contribution in [-0.4, -0.2) is 17.9 Å². The van der Waals surface area contributed by atoms with Gasteiger partial charge in [0.05, 0.1) is 12.0 Å². The summed E-state index contributed by atoms with van der Waals surface area (Å²) in [7, 11) is 0. The van der Waals surface area contributed by atoms with Crippen LogP contribution in [0.2, 0.25) is 0 Å². The third-order valence-electron chi connectivity index (χ3n) is 2.24. The standard InChI is InChI=1S/C12H11Cl2N3O/c13-7-17(8-14)11-3-1-9(2-4-11)5-10(6-15)12(16)18/h1-5H,7-8H2,(H2,16,18). The number of alkyl halides is 2. The summed E-state index contributed by atoms with van der Waals surface area (Å²) in [6.45, 7) is 0. The molecule has 2 N–H and O–H groups in total. The van der Waals surface area contributed by atoms with Gasteiger partial charge in [0.1, 0.15) is 11.6 Å². The van der Waals surface area contributed by atoms with Gasteiger partial charge in [0.25, 0.3) is 5.91 Å². The Balaban J connectivity index is 2.97. The Labute approximate surface area is 115 Å². The predicted molar refractivity (Wildman–Crippen MR) is 73.1 cm³/mol. The number of primary amides is 1. The second-order valence-electron chi connectivity index (χ2n) is 3.40. The summed E-state index contributed by atoms with van der Waals surface area (Å²) in [6, 6.07) is 9.41. The molecule has 6 heteroatoms. The SMILES string of the molecule is N#CC(=Cc1ccc(N(CCl)CCl)cc1)C(N)=O. The molecule has 0 atom stereocenters. The number of halogens is 2. The van der Waals surface area contributed by atoms with Crippen LogP contribution in [-0.2, 0) is 4.79 Å². The molecule has 0 radical (unpaired) electrons. The molecule has 18 heavy (non-hydrogen) atoms. The summed E-state index contributed by atoms with van der Waals surface area (Å²) < 4.78 is 0. The van der Waals surface area contributed by atoms with Crippen LogP contribution in [0.4, 0.5) is 5.69 Å². The van der Waals surface area contributed by atoms with Crippen molar-refractivity contribution in [3.05, 3.63) is 35.4 Å². The Morgan fingerprint density at radius 3 is 2.28 bits per heavy atom. The predicted octanol–water partition coefficient (Wildman–Crippen LogP) is 2.28. The van der Waals surface area contributed by atoms with Gasteiger partial charge in [-0.2, -0.15) is 5.26 Å². The minimum atomic E-state index is -0.746. The fourth-order valence-electron chi connectivity index (χ4n) is 1.28. The lowest BCUT2D eigenvalue weighted by atomic mass is 10.1. The first-order chi connectivity index (χ1) is 8.62. The van der Waals surface area contributed by atoms with Crippen LogP contribution in [0.3, 0.4) is 0 Å². The van der Waals surface area contributed by atoms with Crippen LogP contribution < -0.4 is 10.6 Å². The van der Waals surface area contributed by atoms with Gasteiger partial charge >= 0.3 is 0 Å². The molecule has 0 unspecified atom stereocenters. The van der Waals surface area contributed by atoms with Gasteiger partial charge in [-0.25, -0.2) is 0 Å². The zero-order valence-corrected chi connectivity index (χ0v) is 10.9. The molecule has 0 bridgehead atoms. The molecule has 1 aromatic rings. The number of hydrogen-bond donors (Lipinski definition) is 1. The lowest BCUT2D eigenvalue weighted by molar-refractivity contribution is -0.114. The number of hydrogen-bond acceptors (Lipinski definition) is 3. The third-order valence-corrected chi connectivity index (χ3v) is 2.82. The first kappa shape index (κ1) is 14.4. The van der Waals surface area contributed by atoms with Crippen LogP contribution in [0.25, 0.3) is 6.08 Å². The van der Waals surface area contributed by atoms with Gasteiger partial charge in [-0.15, -0.1) is 23.2 Å². The number of nitrogens with two attached hydrogens (primary N) is 1. The molecule has 0 aliphatic rings. The number of benzene rings is 1. The fraction of sp³-hybridized carbons (Fsp3) is 0.167. The number of nitriles is 1. The second kappa shape index (κ2) is 6.90. The number of nitrogens with zero attached hydrogens (tertiary/aromatic N) is 2. The van der Waals surface area contributed by atoms with Gasteiger partial charge in [-0.3, -0.25) is 4.79 Å². The topological polar surface area (TPSA) is 70.1 Å². The molecule has 0 saturated heterocycles. The smallest absolute Gasteiger partial charge is 0.259 e. The maximum atomic E-state index is 10.9. The van der Waals surface area contributed by atoms with Crippen LogP contribution in [0.1, 0.15) is 5.56 Å². The van der Waals surface area contributed by atoms with Gasteiger partial charge in [0.15, 0.2) is 0 Å². The minimum Gasteiger partial charge on any atom is -0.365 e. The highest BCUT2D eigenvalue weighted by atomic mass is 35.5. The molecule has 94 valence electrons. The Morgan fingerprint density at radius 2 is 1.89 bits per heavy atom. The van der Waals surface area contributed by atoms with Gasteiger partial charge in [0.2, 0.25) is 0 Å². The van der Waals surface area contributed by atoms with Crippen molar-refractivity contribution in [1.29, 1.82) is 5.26 Å². The molecular weight excluding hydrogens is 273 g/mol. The molecule has 0 heterocycles. The fourth-order valence-corrected chi connectivity index (χ4v) is 1.81. The molecule has 1 amide bonds. The van der Waals surface area contributed by atoms with E-state index < -0.39 is 5.91 Å². The summed E-state index contributed by atoms with van der Waals surface area (Å²) in [5.41, 5.74) is 6.52. The molecule has 1 aromatic carbocycles. The highest BCUT2D eigenvalue weighted by Crippen LogP contribution is 2.17. The summed E-state index contributed by atoms with van der Waals surface area (Å²) in [6.07, 6.45) is 1.43. The van der Waals surface area contributed by atoms with Crippen molar-refractivity contribution in [2.24, 2.45) is 5.73 Å². The van der Waals surface area contributed by atoms with Crippen LogP contribution >= 0.6 is 23.2 Å². The van der Waals surface area contributed by atoms with Gasteiger partial charge in [0, 0.05) is 5.69 Å². The summed E-state index contributed by atoms with van der Waals surface area (Å²) >= 11 is 11.4. The maximum absolute atomic E-state index is 10.9. The van der Waals surface area contributed by atoms with Crippen molar-refractivity contribution in [2.75, 3.05) is 16.9 Å². The highest BCUT2D eigenvalue weighted by Gasteiger charge is 2.05. The van der Waals surface area contributed by atoms with E-state index in [9.17, 15) is 4.79 Å². The van der Waals surface area contributed by atoms with Crippen LogP contribution in [0, 0.1) is 11.3 Å². The van der Waals surface area contributed by atoms with E-state index in [1.165, 1.54) is 6.08 Å². The molecule has 0 aliphatic heterocycles.